The van der Waals surface area contributed by atoms with Gasteiger partial charge in [-0.2, -0.15) is 0 Å². The van der Waals surface area contributed by atoms with Crippen LogP contribution in [0.5, 0.6) is 5.75 Å². The van der Waals surface area contributed by atoms with Crippen LogP contribution in [0.15, 0.2) is 18.2 Å². The third kappa shape index (κ3) is 4.08. The minimum Gasteiger partial charge on any atom is -0.490 e. The zero-order valence-electron chi connectivity index (χ0n) is 15.1. The number of urea groups is 1. The summed E-state index contributed by atoms with van der Waals surface area (Å²) in [6, 6.07) is 3.97. The largest absolute Gasteiger partial charge is 0.490 e. The predicted octanol–water partition coefficient (Wildman–Crippen LogP) is 3.18. The van der Waals surface area contributed by atoms with Gasteiger partial charge in [0, 0.05) is 13.1 Å². The molecule has 6 nitrogen and oxygen atoms in total. The first-order chi connectivity index (χ1) is 12.3. The van der Waals surface area contributed by atoms with Crippen LogP contribution in [-0.4, -0.2) is 41.7 Å². The molecule has 2 aliphatic rings. The van der Waals surface area contributed by atoms with Gasteiger partial charge in [0.15, 0.2) is 11.6 Å². The van der Waals surface area contributed by atoms with E-state index < -0.39 is 23.2 Å². The highest BCUT2D eigenvalue weighted by molar-refractivity contribution is 5.79. The van der Waals surface area contributed by atoms with E-state index >= 15 is 0 Å². The van der Waals surface area contributed by atoms with E-state index in [1.54, 1.807) is 26.0 Å². The summed E-state index contributed by atoms with van der Waals surface area (Å²) in [6.45, 7) is 4.51. The lowest BCUT2D eigenvalue weighted by Gasteiger charge is -2.23. The number of nitrogens with zero attached hydrogens (tertiary/aromatic N) is 1. The molecule has 142 valence electrons. The summed E-state index contributed by atoms with van der Waals surface area (Å²) in [7, 11) is 0. The molecule has 2 fully saturated rings. The number of carbonyl (C=O) groups excluding carboxylic acids is 1. The molecule has 1 aromatic rings. The lowest BCUT2D eigenvalue weighted by molar-refractivity contribution is -0.147. The second-order valence-corrected chi connectivity index (χ2v) is 7.65. The molecule has 2 N–H and O–H groups in total. The van der Waals surface area contributed by atoms with Gasteiger partial charge >= 0.3 is 12.0 Å². The molecule has 1 heterocycles. The molecule has 0 aromatic heterocycles. The van der Waals surface area contributed by atoms with Crippen LogP contribution in [0.1, 0.15) is 44.7 Å². The number of likely N-dealkylation sites (tertiary alicyclic amines) is 1. The van der Waals surface area contributed by atoms with E-state index in [0.29, 0.717) is 31.1 Å². The normalized spacial score (nSPS) is 23.6. The summed E-state index contributed by atoms with van der Waals surface area (Å²) >= 11 is 0. The van der Waals surface area contributed by atoms with Crippen molar-refractivity contribution in [1.29, 1.82) is 0 Å². The van der Waals surface area contributed by atoms with Crippen LogP contribution in [-0.2, 0) is 4.79 Å². The van der Waals surface area contributed by atoms with Crippen molar-refractivity contribution in [3.8, 4) is 5.75 Å². The number of carboxylic acid groups (broad SMARTS) is 1. The molecule has 1 saturated heterocycles. The third-order valence-electron chi connectivity index (χ3n) is 5.24. The fourth-order valence-electron chi connectivity index (χ4n) is 3.06. The average Bonchev–Trinajstić information content (AvgIpc) is 3.33. The van der Waals surface area contributed by atoms with Gasteiger partial charge in [0.1, 0.15) is 0 Å². The highest BCUT2D eigenvalue weighted by Gasteiger charge is 2.42. The molecule has 0 radical (unpaired) electrons. The molecule has 1 aliphatic carbocycles. The standard InChI is InChI=1S/C19H25FN2O4/c1-12(21-18(25)22-8-7-19(2,11-22)17(23)24)14-5-6-16(15(20)9-14)26-10-13-3-4-13/h5-6,9,12-13H,3-4,7-8,10-11H2,1-2H3,(H,21,25)(H,23,24). The van der Waals surface area contributed by atoms with E-state index in [0.717, 1.165) is 12.8 Å². The zero-order valence-corrected chi connectivity index (χ0v) is 15.1. The number of nitrogens with one attached hydrogen (secondary N) is 1. The van der Waals surface area contributed by atoms with Gasteiger partial charge in [0.25, 0.3) is 0 Å². The molecule has 1 saturated carbocycles. The van der Waals surface area contributed by atoms with E-state index in [4.69, 9.17) is 4.74 Å². The van der Waals surface area contributed by atoms with Gasteiger partial charge in [-0.15, -0.1) is 0 Å². The van der Waals surface area contributed by atoms with Crippen LogP contribution in [0.3, 0.4) is 0 Å². The molecule has 1 aliphatic heterocycles. The van der Waals surface area contributed by atoms with Crippen molar-refractivity contribution < 1.29 is 23.8 Å². The van der Waals surface area contributed by atoms with Gasteiger partial charge in [0.2, 0.25) is 0 Å². The van der Waals surface area contributed by atoms with E-state index in [2.05, 4.69) is 5.32 Å². The maximum absolute atomic E-state index is 14.2. The Labute approximate surface area is 152 Å². The molecule has 3 rings (SSSR count). The Kier molecular flexibility index (Phi) is 5.07. The fourth-order valence-corrected chi connectivity index (χ4v) is 3.06. The Hall–Kier alpha value is -2.31. The summed E-state index contributed by atoms with van der Waals surface area (Å²) in [4.78, 5) is 25.2. The average molecular weight is 364 g/mol. The number of hydrogen-bond acceptors (Lipinski definition) is 3. The summed E-state index contributed by atoms with van der Waals surface area (Å²) < 4.78 is 19.7. The van der Waals surface area contributed by atoms with Gasteiger partial charge in [0.05, 0.1) is 18.1 Å². The lowest BCUT2D eigenvalue weighted by Crippen LogP contribution is -2.41. The Bertz CT molecular complexity index is 707. The number of rotatable bonds is 6. The van der Waals surface area contributed by atoms with E-state index in [1.807, 2.05) is 0 Å². The van der Waals surface area contributed by atoms with Crippen LogP contribution < -0.4 is 10.1 Å². The summed E-state index contributed by atoms with van der Waals surface area (Å²) in [5.74, 6) is -0.561. The smallest absolute Gasteiger partial charge is 0.317 e. The fraction of sp³-hybridized carbons (Fsp3) is 0.579. The van der Waals surface area contributed by atoms with E-state index in [1.165, 1.54) is 11.0 Å². The minimum atomic E-state index is -0.909. The number of carbonyl (C=O) groups is 2. The second-order valence-electron chi connectivity index (χ2n) is 7.65. The number of hydrogen-bond donors (Lipinski definition) is 2. The Morgan fingerprint density at radius 1 is 1.46 bits per heavy atom. The highest BCUT2D eigenvalue weighted by atomic mass is 19.1. The van der Waals surface area contributed by atoms with E-state index in [-0.39, 0.29) is 18.3 Å². The SMILES string of the molecule is CC(NC(=O)N1CCC(C)(C(=O)O)C1)c1ccc(OCC2CC2)c(F)c1. The van der Waals surface area contributed by atoms with Gasteiger partial charge < -0.3 is 20.1 Å². The third-order valence-corrected chi connectivity index (χ3v) is 5.24. The lowest BCUT2D eigenvalue weighted by atomic mass is 9.90. The topological polar surface area (TPSA) is 78.9 Å². The van der Waals surface area contributed by atoms with Crippen LogP contribution in [0.25, 0.3) is 0 Å². The zero-order chi connectivity index (χ0) is 18.9. The first-order valence-electron chi connectivity index (χ1n) is 8.99. The molecule has 0 spiro atoms. The second kappa shape index (κ2) is 7.13. The van der Waals surface area contributed by atoms with Crippen molar-refractivity contribution in [2.45, 2.75) is 39.2 Å². The number of amides is 2. The minimum absolute atomic E-state index is 0.170. The molecule has 2 atom stereocenters. The van der Waals surface area contributed by atoms with Gasteiger partial charge in [-0.1, -0.05) is 6.07 Å². The van der Waals surface area contributed by atoms with Crippen LogP contribution >= 0.6 is 0 Å². The summed E-state index contributed by atoms with van der Waals surface area (Å²) in [5.41, 5.74) is -0.275. The van der Waals surface area contributed by atoms with Crippen molar-refractivity contribution in [3.05, 3.63) is 29.6 Å². The number of ether oxygens (including phenoxy) is 1. The number of halogens is 1. The van der Waals surface area contributed by atoms with Crippen LogP contribution in [0, 0.1) is 17.2 Å². The monoisotopic (exact) mass is 364 g/mol. The van der Waals surface area contributed by atoms with Crippen LogP contribution in [0.2, 0.25) is 0 Å². The summed E-state index contributed by atoms with van der Waals surface area (Å²) in [5, 5.41) is 12.1. The van der Waals surface area contributed by atoms with Crippen molar-refractivity contribution in [2.24, 2.45) is 11.3 Å². The number of carboxylic acids is 1. The molecular formula is C19H25FN2O4. The molecule has 7 heteroatoms. The molecule has 26 heavy (non-hydrogen) atoms. The molecular weight excluding hydrogens is 339 g/mol. The Morgan fingerprint density at radius 3 is 2.77 bits per heavy atom. The van der Waals surface area contributed by atoms with E-state index in [9.17, 15) is 19.1 Å². The van der Waals surface area contributed by atoms with Crippen molar-refractivity contribution in [3.63, 3.8) is 0 Å². The van der Waals surface area contributed by atoms with Crippen molar-refractivity contribution >= 4 is 12.0 Å². The first-order valence-corrected chi connectivity index (χ1v) is 8.99. The molecule has 2 unspecified atom stereocenters. The van der Waals surface area contributed by atoms with Crippen LogP contribution in [0.4, 0.5) is 9.18 Å². The van der Waals surface area contributed by atoms with Gasteiger partial charge in [-0.25, -0.2) is 9.18 Å². The van der Waals surface area contributed by atoms with Crippen molar-refractivity contribution in [2.75, 3.05) is 19.7 Å². The maximum Gasteiger partial charge on any atom is 0.317 e. The molecule has 1 aromatic carbocycles. The first kappa shape index (κ1) is 18.5. The van der Waals surface area contributed by atoms with Gasteiger partial charge in [-0.3, -0.25) is 4.79 Å². The molecule has 2 amide bonds. The Morgan fingerprint density at radius 2 is 2.19 bits per heavy atom. The predicted molar refractivity (Wildman–Crippen MR) is 93.5 cm³/mol. The maximum atomic E-state index is 14.2. The number of benzene rings is 1. The van der Waals surface area contributed by atoms with Crippen molar-refractivity contribution in [1.82, 2.24) is 10.2 Å². The summed E-state index contributed by atoms with van der Waals surface area (Å²) in [6.07, 6.45) is 2.70. The quantitative estimate of drug-likeness (QED) is 0.813. The Balaban J connectivity index is 1.57. The highest BCUT2D eigenvalue weighted by Crippen LogP contribution is 2.32. The number of aliphatic carboxylic acids is 1. The van der Waals surface area contributed by atoms with Gasteiger partial charge in [-0.05, 0) is 56.7 Å². The molecule has 0 bridgehead atoms.